The average Bonchev–Trinajstić information content (AvgIpc) is 2.16. The van der Waals surface area contributed by atoms with Crippen LogP contribution in [0.2, 0.25) is 0 Å². The minimum Gasteiger partial charge on any atom is -0.463 e. The van der Waals surface area contributed by atoms with Crippen molar-refractivity contribution in [3.8, 4) is 0 Å². The first kappa shape index (κ1) is 12.2. The molecule has 0 bridgehead atoms. The van der Waals surface area contributed by atoms with Crippen molar-refractivity contribution in [3.63, 3.8) is 0 Å². The topological polar surface area (TPSA) is 26.3 Å². The Balaban J connectivity index is 2.37. The Bertz CT molecular complexity index is 317. The van der Waals surface area contributed by atoms with E-state index < -0.39 is 0 Å². The Labute approximate surface area is 98.8 Å². The summed E-state index contributed by atoms with van der Waals surface area (Å²) in [5.74, 6) is -0.132. The van der Waals surface area contributed by atoms with Crippen molar-refractivity contribution in [2.45, 2.75) is 32.8 Å². The summed E-state index contributed by atoms with van der Waals surface area (Å²) in [6.45, 7) is 3.72. The van der Waals surface area contributed by atoms with Crippen LogP contribution in [0.4, 0.5) is 0 Å². The minimum absolute atomic E-state index is 0.0255. The third-order valence-electron chi connectivity index (χ3n) is 1.90. The van der Waals surface area contributed by atoms with E-state index in [0.29, 0.717) is 6.42 Å². The molecule has 3 heteroatoms. The summed E-state index contributed by atoms with van der Waals surface area (Å²) in [5, 5.41) is 0. The van der Waals surface area contributed by atoms with E-state index in [9.17, 15) is 4.79 Å². The highest BCUT2D eigenvalue weighted by Crippen LogP contribution is 2.12. The number of carbonyl (C=O) groups is 1. The molecule has 0 aliphatic rings. The predicted octanol–water partition coefficient (Wildman–Crippen LogP) is 3.33. The molecule has 82 valence electrons. The molecule has 0 unspecified atom stereocenters. The molecule has 0 atom stereocenters. The zero-order chi connectivity index (χ0) is 11.3. The van der Waals surface area contributed by atoms with Gasteiger partial charge in [-0.05, 0) is 38.0 Å². The highest BCUT2D eigenvalue weighted by molar-refractivity contribution is 9.10. The van der Waals surface area contributed by atoms with E-state index in [1.54, 1.807) is 0 Å². The molecule has 0 saturated heterocycles. The lowest BCUT2D eigenvalue weighted by molar-refractivity contribution is -0.147. The summed E-state index contributed by atoms with van der Waals surface area (Å²) in [7, 11) is 0. The van der Waals surface area contributed by atoms with Gasteiger partial charge in [-0.1, -0.05) is 28.1 Å². The lowest BCUT2D eigenvalue weighted by Crippen LogP contribution is -2.11. The van der Waals surface area contributed by atoms with E-state index in [0.717, 1.165) is 16.5 Å². The van der Waals surface area contributed by atoms with Crippen molar-refractivity contribution < 1.29 is 9.53 Å². The summed E-state index contributed by atoms with van der Waals surface area (Å²) in [4.78, 5) is 11.3. The summed E-state index contributed by atoms with van der Waals surface area (Å²) in [6, 6.07) is 7.96. The maximum Gasteiger partial charge on any atom is 0.306 e. The van der Waals surface area contributed by atoms with E-state index in [1.165, 1.54) is 0 Å². The Morgan fingerprint density at radius 3 is 2.47 bits per heavy atom. The molecule has 1 rings (SSSR count). The summed E-state index contributed by atoms with van der Waals surface area (Å²) in [5.41, 5.74) is 1.15. The molecule has 0 fully saturated rings. The van der Waals surface area contributed by atoms with E-state index in [-0.39, 0.29) is 12.1 Å². The standard InChI is InChI=1S/C12H15BrO2/c1-9(2)15-12(14)8-5-10-3-6-11(13)7-4-10/h3-4,6-7,9H,5,8H2,1-2H3. The predicted molar refractivity (Wildman–Crippen MR) is 63.7 cm³/mol. The van der Waals surface area contributed by atoms with Crippen LogP contribution in [0.25, 0.3) is 0 Å². The number of hydrogen-bond donors (Lipinski definition) is 0. The number of esters is 1. The molecule has 0 aliphatic heterocycles. The van der Waals surface area contributed by atoms with Crippen molar-refractivity contribution >= 4 is 21.9 Å². The van der Waals surface area contributed by atoms with E-state index in [1.807, 2.05) is 38.1 Å². The molecule has 0 aliphatic carbocycles. The second-order valence-electron chi connectivity index (χ2n) is 3.67. The zero-order valence-corrected chi connectivity index (χ0v) is 10.6. The number of rotatable bonds is 4. The van der Waals surface area contributed by atoms with Crippen LogP contribution in [0.3, 0.4) is 0 Å². The summed E-state index contributed by atoms with van der Waals surface area (Å²) >= 11 is 3.37. The molecule has 0 spiro atoms. The quantitative estimate of drug-likeness (QED) is 0.785. The maximum atomic E-state index is 11.3. The van der Waals surface area contributed by atoms with E-state index >= 15 is 0 Å². The van der Waals surface area contributed by atoms with Gasteiger partial charge in [0.2, 0.25) is 0 Å². The van der Waals surface area contributed by atoms with Gasteiger partial charge >= 0.3 is 5.97 Å². The van der Waals surface area contributed by atoms with Crippen molar-refractivity contribution in [1.82, 2.24) is 0 Å². The number of aryl methyl sites for hydroxylation is 1. The van der Waals surface area contributed by atoms with Crippen molar-refractivity contribution in [3.05, 3.63) is 34.3 Å². The second-order valence-corrected chi connectivity index (χ2v) is 4.58. The fraction of sp³-hybridized carbons (Fsp3) is 0.417. The molecule has 0 aromatic heterocycles. The SMILES string of the molecule is CC(C)OC(=O)CCc1ccc(Br)cc1. The largest absolute Gasteiger partial charge is 0.463 e. The first-order chi connectivity index (χ1) is 7.08. The minimum atomic E-state index is -0.132. The molecular weight excluding hydrogens is 256 g/mol. The average molecular weight is 271 g/mol. The fourth-order valence-electron chi connectivity index (χ4n) is 1.22. The van der Waals surface area contributed by atoms with Crippen LogP contribution >= 0.6 is 15.9 Å². The van der Waals surface area contributed by atoms with Crippen molar-refractivity contribution in [2.24, 2.45) is 0 Å². The molecule has 0 radical (unpaired) electrons. The van der Waals surface area contributed by atoms with E-state index in [2.05, 4.69) is 15.9 Å². The first-order valence-corrected chi connectivity index (χ1v) is 5.81. The number of benzene rings is 1. The van der Waals surface area contributed by atoms with Crippen LogP contribution < -0.4 is 0 Å². The summed E-state index contributed by atoms with van der Waals surface area (Å²) in [6.07, 6.45) is 1.15. The smallest absolute Gasteiger partial charge is 0.306 e. The summed E-state index contributed by atoms with van der Waals surface area (Å²) < 4.78 is 6.10. The van der Waals surface area contributed by atoms with Crippen LogP contribution in [0.1, 0.15) is 25.8 Å². The molecule has 0 heterocycles. The molecule has 1 aromatic rings. The van der Waals surface area contributed by atoms with Crippen LogP contribution in [0, 0.1) is 0 Å². The van der Waals surface area contributed by atoms with Gasteiger partial charge in [-0.3, -0.25) is 4.79 Å². The molecule has 15 heavy (non-hydrogen) atoms. The van der Waals surface area contributed by atoms with Gasteiger partial charge in [0.1, 0.15) is 0 Å². The van der Waals surface area contributed by atoms with Crippen LogP contribution in [-0.2, 0) is 16.0 Å². The lowest BCUT2D eigenvalue weighted by atomic mass is 10.1. The first-order valence-electron chi connectivity index (χ1n) is 5.02. The molecule has 0 amide bonds. The van der Waals surface area contributed by atoms with Crippen LogP contribution in [0.5, 0.6) is 0 Å². The van der Waals surface area contributed by atoms with Gasteiger partial charge in [0.25, 0.3) is 0 Å². The lowest BCUT2D eigenvalue weighted by Gasteiger charge is -2.07. The Hall–Kier alpha value is -0.830. The number of carbonyl (C=O) groups excluding carboxylic acids is 1. The molecular formula is C12H15BrO2. The van der Waals surface area contributed by atoms with Gasteiger partial charge in [-0.15, -0.1) is 0 Å². The molecule has 1 aromatic carbocycles. The van der Waals surface area contributed by atoms with Gasteiger partial charge < -0.3 is 4.74 Å². The Morgan fingerprint density at radius 1 is 1.33 bits per heavy atom. The highest BCUT2D eigenvalue weighted by Gasteiger charge is 2.05. The van der Waals surface area contributed by atoms with Crippen molar-refractivity contribution in [1.29, 1.82) is 0 Å². The third kappa shape index (κ3) is 4.98. The maximum absolute atomic E-state index is 11.3. The fourth-order valence-corrected chi connectivity index (χ4v) is 1.48. The molecule has 0 saturated carbocycles. The van der Waals surface area contributed by atoms with Gasteiger partial charge in [-0.25, -0.2) is 0 Å². The van der Waals surface area contributed by atoms with E-state index in [4.69, 9.17) is 4.74 Å². The van der Waals surface area contributed by atoms with Gasteiger partial charge in [0, 0.05) is 10.9 Å². The zero-order valence-electron chi connectivity index (χ0n) is 9.00. The van der Waals surface area contributed by atoms with Crippen LogP contribution in [-0.4, -0.2) is 12.1 Å². The Kier molecular flexibility index (Phi) is 4.82. The second kappa shape index (κ2) is 5.91. The number of hydrogen-bond acceptors (Lipinski definition) is 2. The molecule has 0 N–H and O–H groups in total. The number of ether oxygens (including phenoxy) is 1. The van der Waals surface area contributed by atoms with Gasteiger partial charge in [0.05, 0.1) is 6.10 Å². The number of halogens is 1. The van der Waals surface area contributed by atoms with Gasteiger partial charge in [0.15, 0.2) is 0 Å². The van der Waals surface area contributed by atoms with Gasteiger partial charge in [-0.2, -0.15) is 0 Å². The monoisotopic (exact) mass is 270 g/mol. The normalized spacial score (nSPS) is 10.4. The van der Waals surface area contributed by atoms with Crippen molar-refractivity contribution in [2.75, 3.05) is 0 Å². The highest BCUT2D eigenvalue weighted by atomic mass is 79.9. The van der Waals surface area contributed by atoms with Crippen LogP contribution in [0.15, 0.2) is 28.7 Å². The molecule has 2 nitrogen and oxygen atoms in total. The Morgan fingerprint density at radius 2 is 1.93 bits per heavy atom. The third-order valence-corrected chi connectivity index (χ3v) is 2.43.